The van der Waals surface area contributed by atoms with Crippen LogP contribution in [-0.2, 0) is 13.1 Å². The summed E-state index contributed by atoms with van der Waals surface area (Å²) in [5.41, 5.74) is 1.41. The maximum absolute atomic E-state index is 12.7. The fraction of sp³-hybridized carbons (Fsp3) is 0.333. The summed E-state index contributed by atoms with van der Waals surface area (Å²) in [5, 5.41) is 6.18. The fourth-order valence-corrected chi connectivity index (χ4v) is 2.53. The molecule has 1 aromatic carbocycles. The van der Waals surface area contributed by atoms with Gasteiger partial charge in [-0.1, -0.05) is 6.07 Å². The molecule has 158 valence electrons. The van der Waals surface area contributed by atoms with E-state index in [1.54, 1.807) is 32.5 Å². The molecule has 0 fully saturated rings. The number of guanidine groups is 1. The van der Waals surface area contributed by atoms with Crippen molar-refractivity contribution in [3.05, 3.63) is 41.6 Å². The fourth-order valence-electron chi connectivity index (χ4n) is 2.53. The number of hydrogen-bond donors (Lipinski definition) is 2. The normalized spacial score (nSPS) is 12.4. The number of nitrogens with zero attached hydrogens (tertiary/aromatic N) is 2. The first-order valence-electron chi connectivity index (χ1n) is 8.40. The highest BCUT2D eigenvalue weighted by Crippen LogP contribution is 2.38. The van der Waals surface area contributed by atoms with Crippen LogP contribution in [0, 0.1) is 0 Å². The van der Waals surface area contributed by atoms with Gasteiger partial charge in [-0.15, -0.1) is 24.0 Å². The van der Waals surface area contributed by atoms with Crippen molar-refractivity contribution in [2.75, 3.05) is 21.0 Å². The summed E-state index contributed by atoms with van der Waals surface area (Å²) in [7, 11) is 3.16. The van der Waals surface area contributed by atoms with Crippen LogP contribution in [0.25, 0.3) is 0 Å². The number of hydrogen-bond acceptors (Lipinski definition) is 6. The summed E-state index contributed by atoms with van der Waals surface area (Å²) in [6.07, 6.45) is 1.69. The van der Waals surface area contributed by atoms with E-state index in [4.69, 9.17) is 14.2 Å². The lowest BCUT2D eigenvalue weighted by molar-refractivity contribution is -0.0505. The molecule has 3 rings (SSSR count). The van der Waals surface area contributed by atoms with Crippen molar-refractivity contribution < 1.29 is 27.7 Å². The summed E-state index contributed by atoms with van der Waals surface area (Å²) < 4.78 is 45.6. The SMILES string of the molecule is CN=C(NCc1ccc(OC)nc1)NCc1cc2c(cc1OC(F)F)OCO2.I. The average Bonchev–Trinajstić information content (AvgIpc) is 3.15. The van der Waals surface area contributed by atoms with Gasteiger partial charge in [-0.05, 0) is 11.6 Å². The van der Waals surface area contributed by atoms with Crippen molar-refractivity contribution in [2.24, 2.45) is 4.99 Å². The first-order chi connectivity index (χ1) is 13.6. The molecule has 8 nitrogen and oxygen atoms in total. The second-order valence-electron chi connectivity index (χ2n) is 5.68. The Hall–Kier alpha value is -2.57. The van der Waals surface area contributed by atoms with Crippen LogP contribution in [0.1, 0.15) is 11.1 Å². The summed E-state index contributed by atoms with van der Waals surface area (Å²) in [4.78, 5) is 8.25. The number of alkyl halides is 2. The van der Waals surface area contributed by atoms with Gasteiger partial charge in [0.05, 0.1) is 7.11 Å². The average molecular weight is 522 g/mol. The van der Waals surface area contributed by atoms with Gasteiger partial charge in [0.2, 0.25) is 12.7 Å². The number of nitrogens with one attached hydrogen (secondary N) is 2. The minimum atomic E-state index is -2.95. The number of benzene rings is 1. The zero-order chi connectivity index (χ0) is 19.9. The summed E-state index contributed by atoms with van der Waals surface area (Å²) >= 11 is 0. The number of aromatic nitrogens is 1. The molecule has 0 spiro atoms. The monoisotopic (exact) mass is 522 g/mol. The predicted molar refractivity (Wildman–Crippen MR) is 112 cm³/mol. The molecule has 2 heterocycles. The molecular formula is C18H21F2IN4O4. The van der Waals surface area contributed by atoms with Crippen molar-refractivity contribution in [3.8, 4) is 23.1 Å². The van der Waals surface area contributed by atoms with E-state index in [1.807, 2.05) is 6.07 Å². The van der Waals surface area contributed by atoms with E-state index in [0.29, 0.717) is 35.4 Å². The number of ether oxygens (including phenoxy) is 4. The Morgan fingerprint density at radius 3 is 2.55 bits per heavy atom. The van der Waals surface area contributed by atoms with Crippen LogP contribution in [0.5, 0.6) is 23.1 Å². The number of pyridine rings is 1. The van der Waals surface area contributed by atoms with Gasteiger partial charge in [0, 0.05) is 44.0 Å². The molecule has 29 heavy (non-hydrogen) atoms. The first kappa shape index (κ1) is 22.7. The molecule has 2 N–H and O–H groups in total. The van der Waals surface area contributed by atoms with Gasteiger partial charge in [-0.25, -0.2) is 4.98 Å². The molecule has 2 aromatic rings. The predicted octanol–water partition coefficient (Wildman–Crippen LogP) is 2.90. The molecule has 1 aliphatic rings. The molecule has 0 bridgehead atoms. The van der Waals surface area contributed by atoms with Crippen LogP contribution in [0.2, 0.25) is 0 Å². The standard InChI is InChI=1S/C18H20F2N4O4.HI/c1-21-18(23-8-11-3-4-16(25-2)22-7-11)24-9-12-5-14-15(27-10-26-14)6-13(12)28-17(19)20;/h3-7,17H,8-10H2,1-2H3,(H2,21,23,24);1H. The Bertz CT molecular complexity index is 837. The molecule has 0 atom stereocenters. The van der Waals surface area contributed by atoms with Gasteiger partial charge in [0.15, 0.2) is 17.5 Å². The maximum atomic E-state index is 12.7. The van der Waals surface area contributed by atoms with E-state index in [0.717, 1.165) is 5.56 Å². The lowest BCUT2D eigenvalue weighted by atomic mass is 10.1. The molecule has 0 saturated heterocycles. The van der Waals surface area contributed by atoms with Crippen molar-refractivity contribution in [3.63, 3.8) is 0 Å². The van der Waals surface area contributed by atoms with Crippen LogP contribution in [0.4, 0.5) is 8.78 Å². The Kier molecular flexibility index (Phi) is 8.49. The van der Waals surface area contributed by atoms with Crippen molar-refractivity contribution >= 4 is 29.9 Å². The van der Waals surface area contributed by atoms with Crippen LogP contribution in [0.15, 0.2) is 35.5 Å². The van der Waals surface area contributed by atoms with Gasteiger partial charge < -0.3 is 29.6 Å². The van der Waals surface area contributed by atoms with Gasteiger partial charge in [0.25, 0.3) is 0 Å². The van der Waals surface area contributed by atoms with Gasteiger partial charge in [0.1, 0.15) is 5.75 Å². The van der Waals surface area contributed by atoms with Crippen LogP contribution in [0.3, 0.4) is 0 Å². The third-order valence-electron chi connectivity index (χ3n) is 3.91. The van der Waals surface area contributed by atoms with E-state index in [-0.39, 0.29) is 43.1 Å². The zero-order valence-electron chi connectivity index (χ0n) is 15.8. The maximum Gasteiger partial charge on any atom is 0.387 e. The highest BCUT2D eigenvalue weighted by Gasteiger charge is 2.20. The largest absolute Gasteiger partial charge is 0.481 e. The van der Waals surface area contributed by atoms with Gasteiger partial charge >= 0.3 is 6.61 Å². The van der Waals surface area contributed by atoms with E-state index in [9.17, 15) is 8.78 Å². The highest BCUT2D eigenvalue weighted by molar-refractivity contribution is 14.0. The second kappa shape index (κ2) is 10.8. The van der Waals surface area contributed by atoms with Crippen molar-refractivity contribution in [1.82, 2.24) is 15.6 Å². The molecular weight excluding hydrogens is 501 g/mol. The minimum absolute atomic E-state index is 0. The van der Waals surface area contributed by atoms with Gasteiger partial charge in [-0.2, -0.15) is 8.78 Å². The smallest absolute Gasteiger partial charge is 0.387 e. The Morgan fingerprint density at radius 2 is 1.93 bits per heavy atom. The summed E-state index contributed by atoms with van der Waals surface area (Å²) in [6, 6.07) is 6.63. The second-order valence-corrected chi connectivity index (χ2v) is 5.68. The van der Waals surface area contributed by atoms with Crippen LogP contribution >= 0.6 is 24.0 Å². The summed E-state index contributed by atoms with van der Waals surface area (Å²) in [6.45, 7) is -2.24. The number of aliphatic imine (C=N–C) groups is 1. The Balaban J connectivity index is 0.00000300. The molecule has 0 aliphatic carbocycles. The molecule has 1 aromatic heterocycles. The van der Waals surface area contributed by atoms with Gasteiger partial charge in [-0.3, -0.25) is 4.99 Å². The zero-order valence-corrected chi connectivity index (χ0v) is 18.1. The molecule has 1 aliphatic heterocycles. The topological polar surface area (TPSA) is 86.2 Å². The van der Waals surface area contributed by atoms with E-state index < -0.39 is 6.61 Å². The molecule has 0 amide bonds. The number of rotatable bonds is 7. The molecule has 0 saturated carbocycles. The Morgan fingerprint density at radius 1 is 1.21 bits per heavy atom. The van der Waals surface area contributed by atoms with Crippen LogP contribution in [-0.4, -0.2) is 38.5 Å². The van der Waals surface area contributed by atoms with E-state index >= 15 is 0 Å². The van der Waals surface area contributed by atoms with Crippen LogP contribution < -0.4 is 29.6 Å². The Labute approximate surface area is 183 Å². The van der Waals surface area contributed by atoms with Crippen molar-refractivity contribution in [2.45, 2.75) is 19.7 Å². The third-order valence-corrected chi connectivity index (χ3v) is 3.91. The number of fused-ring (bicyclic) bond motifs is 1. The number of methoxy groups -OCH3 is 1. The van der Waals surface area contributed by atoms with E-state index in [2.05, 4.69) is 25.3 Å². The van der Waals surface area contributed by atoms with Crippen molar-refractivity contribution in [1.29, 1.82) is 0 Å². The molecule has 0 unspecified atom stereocenters. The highest BCUT2D eigenvalue weighted by atomic mass is 127. The summed E-state index contributed by atoms with van der Waals surface area (Å²) in [5.74, 6) is 1.87. The molecule has 0 radical (unpaired) electrons. The lowest BCUT2D eigenvalue weighted by Crippen LogP contribution is -2.36. The minimum Gasteiger partial charge on any atom is -0.481 e. The first-order valence-corrected chi connectivity index (χ1v) is 8.40. The van der Waals surface area contributed by atoms with E-state index in [1.165, 1.54) is 6.07 Å². The number of halogens is 3. The molecule has 11 heteroatoms. The lowest BCUT2D eigenvalue weighted by Gasteiger charge is -2.15. The third kappa shape index (κ3) is 6.21. The quantitative estimate of drug-likeness (QED) is 0.329.